The van der Waals surface area contributed by atoms with E-state index in [1.54, 1.807) is 3.11 Å². The molecule has 4 amide bonds. The molecule has 1 N–H and O–H groups in total. The number of rotatable bonds is 2. The van der Waals surface area contributed by atoms with E-state index in [1.807, 2.05) is 36.7 Å². The van der Waals surface area contributed by atoms with Crippen LogP contribution in [-0.4, -0.2) is 39.7 Å². The molecule has 0 aromatic heterocycles. The van der Waals surface area contributed by atoms with Gasteiger partial charge in [0, 0.05) is 19.6 Å². The summed E-state index contributed by atoms with van der Waals surface area (Å²) in [6.07, 6.45) is 0. The summed E-state index contributed by atoms with van der Waals surface area (Å²) in [6, 6.07) is -0.519. The lowest BCUT2D eigenvalue weighted by Gasteiger charge is -2.21. The van der Waals surface area contributed by atoms with Crippen molar-refractivity contribution in [3.63, 3.8) is 0 Å². The van der Waals surface area contributed by atoms with Crippen LogP contribution in [0.2, 0.25) is 0 Å². The van der Waals surface area contributed by atoms with Gasteiger partial charge < -0.3 is 5.32 Å². The van der Waals surface area contributed by atoms with Gasteiger partial charge in [0.1, 0.15) is 0 Å². The van der Waals surface area contributed by atoms with Gasteiger partial charge >= 0.3 is 12.1 Å². The summed E-state index contributed by atoms with van der Waals surface area (Å²) in [5.74, 6) is 0.404. The number of hydrogen-bond donors (Lipinski definition) is 1. The fourth-order valence-electron chi connectivity index (χ4n) is 1.18. The Balaban J connectivity index is 2.51. The number of hydrogen-bond acceptors (Lipinski definition) is 2. The van der Waals surface area contributed by atoms with Crippen LogP contribution in [0.1, 0.15) is 13.8 Å². The summed E-state index contributed by atoms with van der Waals surface area (Å²) in [4.78, 5) is 24.1. The van der Waals surface area contributed by atoms with Gasteiger partial charge in [-0.1, -0.05) is 13.8 Å². The Bertz CT molecular complexity index is 245. The SMILES string of the molecule is CC(C)CN(I)C(=O)N1CCNC1=O. The van der Waals surface area contributed by atoms with E-state index in [0.717, 1.165) is 0 Å². The van der Waals surface area contributed by atoms with Gasteiger partial charge in [0.15, 0.2) is 0 Å². The molecule has 1 aliphatic heterocycles. The van der Waals surface area contributed by atoms with E-state index in [4.69, 9.17) is 0 Å². The molecule has 0 aliphatic carbocycles. The first-order valence-corrected chi connectivity index (χ1v) is 5.51. The van der Waals surface area contributed by atoms with Crippen molar-refractivity contribution >= 4 is 34.9 Å². The highest BCUT2D eigenvalue weighted by atomic mass is 127. The average molecular weight is 311 g/mol. The third-order valence-electron chi connectivity index (χ3n) is 1.82. The fourth-order valence-corrected chi connectivity index (χ4v) is 2.23. The standard InChI is InChI=1S/C8H14IN3O2/c1-6(2)5-12(9)8(14)11-4-3-10-7(11)13/h6H,3-5H2,1-2H3,(H,10,13). The van der Waals surface area contributed by atoms with Crippen molar-refractivity contribution in [2.75, 3.05) is 19.6 Å². The molecule has 6 heteroatoms. The highest BCUT2D eigenvalue weighted by Crippen LogP contribution is 2.11. The minimum Gasteiger partial charge on any atom is -0.336 e. The molecule has 1 fully saturated rings. The molecule has 0 bridgehead atoms. The highest BCUT2D eigenvalue weighted by Gasteiger charge is 2.29. The van der Waals surface area contributed by atoms with Crippen LogP contribution in [0.25, 0.3) is 0 Å². The van der Waals surface area contributed by atoms with E-state index in [2.05, 4.69) is 5.32 Å². The first kappa shape index (κ1) is 11.5. The van der Waals surface area contributed by atoms with Gasteiger partial charge in [-0.3, -0.25) is 3.11 Å². The van der Waals surface area contributed by atoms with Crippen LogP contribution in [0, 0.1) is 5.92 Å². The van der Waals surface area contributed by atoms with Gasteiger partial charge in [0.05, 0.1) is 22.9 Å². The number of halogens is 1. The zero-order chi connectivity index (χ0) is 10.7. The van der Waals surface area contributed by atoms with Crippen molar-refractivity contribution in [1.29, 1.82) is 0 Å². The Labute approximate surface area is 97.3 Å². The number of carbonyl (C=O) groups excluding carboxylic acids is 2. The maximum Gasteiger partial charge on any atom is 0.336 e. The Morgan fingerprint density at radius 3 is 2.79 bits per heavy atom. The molecule has 1 rings (SSSR count). The molecule has 0 unspecified atom stereocenters. The molecule has 80 valence electrons. The topological polar surface area (TPSA) is 52.7 Å². The number of nitrogens with one attached hydrogen (secondary N) is 1. The molecule has 14 heavy (non-hydrogen) atoms. The van der Waals surface area contributed by atoms with Crippen molar-refractivity contribution in [3.8, 4) is 0 Å². The average Bonchev–Trinajstić information content (AvgIpc) is 2.48. The molecule has 0 aromatic rings. The maximum atomic E-state index is 11.7. The lowest BCUT2D eigenvalue weighted by atomic mass is 10.2. The van der Waals surface area contributed by atoms with E-state index in [1.165, 1.54) is 4.90 Å². The van der Waals surface area contributed by atoms with Crippen LogP contribution in [-0.2, 0) is 0 Å². The summed E-state index contributed by atoms with van der Waals surface area (Å²) in [7, 11) is 0. The van der Waals surface area contributed by atoms with E-state index >= 15 is 0 Å². The van der Waals surface area contributed by atoms with E-state index in [0.29, 0.717) is 25.6 Å². The van der Waals surface area contributed by atoms with E-state index in [-0.39, 0.29) is 12.1 Å². The van der Waals surface area contributed by atoms with Gasteiger partial charge in [-0.25, -0.2) is 14.5 Å². The van der Waals surface area contributed by atoms with Crippen LogP contribution >= 0.6 is 22.9 Å². The number of urea groups is 2. The van der Waals surface area contributed by atoms with Crippen molar-refractivity contribution < 1.29 is 9.59 Å². The minimum absolute atomic E-state index is 0.227. The second-order valence-corrected chi connectivity index (χ2v) is 4.77. The van der Waals surface area contributed by atoms with E-state index in [9.17, 15) is 9.59 Å². The quantitative estimate of drug-likeness (QED) is 0.620. The minimum atomic E-state index is -0.291. The molecule has 0 saturated carbocycles. The molecule has 1 aliphatic rings. The summed E-state index contributed by atoms with van der Waals surface area (Å²) in [6.45, 7) is 5.74. The van der Waals surface area contributed by atoms with Crippen LogP contribution in [0.15, 0.2) is 0 Å². The van der Waals surface area contributed by atoms with Gasteiger partial charge in [-0.2, -0.15) is 0 Å². The van der Waals surface area contributed by atoms with Gasteiger partial charge in [0.2, 0.25) is 0 Å². The Morgan fingerprint density at radius 2 is 2.36 bits per heavy atom. The first-order chi connectivity index (χ1) is 6.52. The largest absolute Gasteiger partial charge is 0.336 e. The van der Waals surface area contributed by atoms with Gasteiger partial charge in [-0.15, -0.1) is 0 Å². The van der Waals surface area contributed by atoms with E-state index < -0.39 is 0 Å². The first-order valence-electron chi connectivity index (χ1n) is 4.55. The number of nitrogens with zero attached hydrogens (tertiary/aromatic N) is 2. The van der Waals surface area contributed by atoms with Crippen molar-refractivity contribution in [2.45, 2.75) is 13.8 Å². The van der Waals surface area contributed by atoms with Crippen LogP contribution < -0.4 is 5.32 Å². The molecule has 1 heterocycles. The Morgan fingerprint density at radius 1 is 1.71 bits per heavy atom. The van der Waals surface area contributed by atoms with Crippen LogP contribution in [0.5, 0.6) is 0 Å². The summed E-state index contributed by atoms with van der Waals surface area (Å²) in [5.41, 5.74) is 0. The second-order valence-electron chi connectivity index (χ2n) is 3.60. The molecule has 5 nitrogen and oxygen atoms in total. The predicted octanol–water partition coefficient (Wildman–Crippen LogP) is 1.44. The molecule has 0 spiro atoms. The molecular formula is C8H14IN3O2. The van der Waals surface area contributed by atoms with Crippen molar-refractivity contribution in [2.24, 2.45) is 5.92 Å². The second kappa shape index (κ2) is 4.81. The Kier molecular flexibility index (Phi) is 3.97. The van der Waals surface area contributed by atoms with Crippen LogP contribution in [0.4, 0.5) is 9.59 Å². The lowest BCUT2D eigenvalue weighted by Crippen LogP contribution is -2.41. The molecule has 0 aromatic carbocycles. The molecular weight excluding hydrogens is 297 g/mol. The smallest absolute Gasteiger partial charge is 0.336 e. The summed E-state index contributed by atoms with van der Waals surface area (Å²) in [5, 5.41) is 2.59. The monoisotopic (exact) mass is 311 g/mol. The number of imide groups is 1. The highest BCUT2D eigenvalue weighted by molar-refractivity contribution is 14.1. The van der Waals surface area contributed by atoms with Gasteiger partial charge in [-0.05, 0) is 5.92 Å². The zero-order valence-electron chi connectivity index (χ0n) is 8.29. The molecule has 0 atom stereocenters. The van der Waals surface area contributed by atoms with Crippen molar-refractivity contribution in [3.05, 3.63) is 0 Å². The fraction of sp³-hybridized carbons (Fsp3) is 0.750. The normalized spacial score (nSPS) is 16.0. The maximum absolute atomic E-state index is 11.7. The van der Waals surface area contributed by atoms with Crippen molar-refractivity contribution in [1.82, 2.24) is 13.3 Å². The third-order valence-corrected chi connectivity index (χ3v) is 2.63. The summed E-state index contributed by atoms with van der Waals surface area (Å²) >= 11 is 1.94. The third kappa shape index (κ3) is 2.73. The number of carbonyl (C=O) groups is 2. The summed E-state index contributed by atoms with van der Waals surface area (Å²) < 4.78 is 1.55. The Hall–Kier alpha value is -0.530. The van der Waals surface area contributed by atoms with Gasteiger partial charge in [0.25, 0.3) is 0 Å². The van der Waals surface area contributed by atoms with Crippen LogP contribution in [0.3, 0.4) is 0 Å². The molecule has 1 saturated heterocycles. The molecule has 0 radical (unpaired) electrons. The lowest BCUT2D eigenvalue weighted by molar-refractivity contribution is 0.187. The number of amides is 4. The zero-order valence-corrected chi connectivity index (χ0v) is 10.4. The predicted molar refractivity (Wildman–Crippen MR) is 61.1 cm³/mol.